The van der Waals surface area contributed by atoms with E-state index >= 15 is 4.57 Å². The van der Waals surface area contributed by atoms with Gasteiger partial charge in [-0.2, -0.15) is 5.26 Å². The summed E-state index contributed by atoms with van der Waals surface area (Å²) in [5, 5.41) is 15.1. The summed E-state index contributed by atoms with van der Waals surface area (Å²) in [6, 6.07) is 33.3. The van der Waals surface area contributed by atoms with Crippen LogP contribution in [0.5, 0.6) is 11.5 Å². The second-order valence-electron chi connectivity index (χ2n) is 13.4. The highest BCUT2D eigenvalue weighted by Gasteiger charge is 2.43. The Kier molecular flexibility index (Phi) is 12.4. The van der Waals surface area contributed by atoms with Crippen molar-refractivity contribution < 1.29 is 32.7 Å². The van der Waals surface area contributed by atoms with Crippen molar-refractivity contribution in [1.29, 1.82) is 5.26 Å². The van der Waals surface area contributed by atoms with Gasteiger partial charge in [0.2, 0.25) is 11.8 Å². The molecule has 1 saturated heterocycles. The third-order valence-electron chi connectivity index (χ3n) is 8.34. The number of hydrogen-bond acceptors (Lipinski definition) is 8. The molecule has 0 bridgehead atoms. The third kappa shape index (κ3) is 10.2. The van der Waals surface area contributed by atoms with Gasteiger partial charge in [-0.1, -0.05) is 78.9 Å². The standard InChI is InChI=1S/C40H43N4O7P/c1-40(2,3)49-39(47)43-34(26-29-14-7-4-8-15-29)38(46)44-25-13-20-35(44)37(45)42-28-36(31-23-21-30(27-41)22-24-31)52(48,50-32-16-9-5-10-17-32)51-33-18-11-6-12-19-33/h4-12,14-19,21-24,34-36H,13,20,25-26,28H2,1-3H3,(H,42,45)(H,43,47)/t34-,35+,36?/m1/s1. The summed E-state index contributed by atoms with van der Waals surface area (Å²) in [5.74, 6) is -0.254. The fourth-order valence-corrected chi connectivity index (χ4v) is 7.89. The fourth-order valence-electron chi connectivity index (χ4n) is 5.91. The molecule has 0 aliphatic carbocycles. The van der Waals surface area contributed by atoms with Crippen molar-refractivity contribution in [2.45, 2.75) is 63.4 Å². The SMILES string of the molecule is CC(C)(C)OC(=O)N[C@H](Cc1ccccc1)C(=O)N1CCC[C@H]1C(=O)NCC(c1ccc(C#N)cc1)P(=O)(Oc1ccccc1)Oc1ccccc1. The smallest absolute Gasteiger partial charge is 0.439 e. The molecule has 1 fully saturated rings. The predicted octanol–water partition coefficient (Wildman–Crippen LogP) is 7.19. The molecule has 2 N–H and O–H groups in total. The summed E-state index contributed by atoms with van der Waals surface area (Å²) >= 11 is 0. The summed E-state index contributed by atoms with van der Waals surface area (Å²) in [6.07, 6.45) is 0.420. The summed E-state index contributed by atoms with van der Waals surface area (Å²) < 4.78 is 32.8. The van der Waals surface area contributed by atoms with Crippen LogP contribution in [0, 0.1) is 11.3 Å². The van der Waals surface area contributed by atoms with Gasteiger partial charge in [0, 0.05) is 19.5 Å². The summed E-state index contributed by atoms with van der Waals surface area (Å²) in [4.78, 5) is 42.5. The third-order valence-corrected chi connectivity index (χ3v) is 10.5. The number of likely N-dealkylation sites (tertiary alicyclic amines) is 1. The van der Waals surface area contributed by atoms with Crippen LogP contribution in [0.1, 0.15) is 56.0 Å². The molecular formula is C40H43N4O7P. The number of hydrogen-bond donors (Lipinski definition) is 2. The zero-order valence-corrected chi connectivity index (χ0v) is 30.3. The number of nitriles is 1. The van der Waals surface area contributed by atoms with Gasteiger partial charge >= 0.3 is 13.7 Å². The maximum absolute atomic E-state index is 15.0. The molecule has 1 unspecified atom stereocenters. The second-order valence-corrected chi connectivity index (χ2v) is 15.5. The molecule has 4 aromatic rings. The molecule has 52 heavy (non-hydrogen) atoms. The van der Waals surface area contributed by atoms with Crippen molar-refractivity contribution in [2.24, 2.45) is 0 Å². The topological polar surface area (TPSA) is 147 Å². The lowest BCUT2D eigenvalue weighted by Gasteiger charge is -2.31. The van der Waals surface area contributed by atoms with E-state index in [0.29, 0.717) is 42.0 Å². The van der Waals surface area contributed by atoms with Gasteiger partial charge in [-0.05, 0) is 81.1 Å². The van der Waals surface area contributed by atoms with E-state index in [1.807, 2.05) is 30.3 Å². The van der Waals surface area contributed by atoms with Crippen molar-refractivity contribution in [2.75, 3.05) is 13.1 Å². The summed E-state index contributed by atoms with van der Waals surface area (Å²) in [5.41, 5.74) is -0.0533. The number of ether oxygens (including phenoxy) is 1. The summed E-state index contributed by atoms with van der Waals surface area (Å²) in [6.45, 7) is 5.34. The van der Waals surface area contributed by atoms with Gasteiger partial charge in [0.1, 0.15) is 34.8 Å². The van der Waals surface area contributed by atoms with Crippen LogP contribution in [0.3, 0.4) is 0 Å². The van der Waals surface area contributed by atoms with Crippen molar-refractivity contribution in [1.82, 2.24) is 15.5 Å². The van der Waals surface area contributed by atoms with E-state index in [1.54, 1.807) is 106 Å². The Hall–Kier alpha value is -5.59. The van der Waals surface area contributed by atoms with Crippen LogP contribution in [0.2, 0.25) is 0 Å². The van der Waals surface area contributed by atoms with Crippen LogP contribution >= 0.6 is 7.60 Å². The van der Waals surface area contributed by atoms with E-state index in [-0.39, 0.29) is 13.0 Å². The molecule has 0 radical (unpaired) electrons. The minimum absolute atomic E-state index is 0.177. The number of rotatable bonds is 13. The highest BCUT2D eigenvalue weighted by Crippen LogP contribution is 2.60. The quantitative estimate of drug-likeness (QED) is 0.138. The highest BCUT2D eigenvalue weighted by molar-refractivity contribution is 7.55. The Morgan fingerprint density at radius 1 is 0.865 bits per heavy atom. The molecular weight excluding hydrogens is 679 g/mol. The molecule has 270 valence electrons. The Bertz CT molecular complexity index is 1850. The number of nitrogens with zero attached hydrogens (tertiary/aromatic N) is 2. The molecule has 12 heteroatoms. The van der Waals surface area contributed by atoms with Crippen LogP contribution in [0.15, 0.2) is 115 Å². The monoisotopic (exact) mass is 722 g/mol. The minimum Gasteiger partial charge on any atom is -0.444 e. The van der Waals surface area contributed by atoms with Crippen molar-refractivity contribution in [3.63, 3.8) is 0 Å². The minimum atomic E-state index is -4.17. The molecule has 4 aromatic carbocycles. The van der Waals surface area contributed by atoms with E-state index in [9.17, 15) is 19.6 Å². The van der Waals surface area contributed by atoms with Crippen LogP contribution in [0.25, 0.3) is 0 Å². The van der Waals surface area contributed by atoms with Gasteiger partial charge in [0.25, 0.3) is 0 Å². The fraction of sp³-hybridized carbons (Fsp3) is 0.300. The Labute approximate surface area is 304 Å². The van der Waals surface area contributed by atoms with Crippen molar-refractivity contribution in [3.05, 3.63) is 132 Å². The van der Waals surface area contributed by atoms with Gasteiger partial charge in [-0.25, -0.2) is 9.36 Å². The maximum atomic E-state index is 15.0. The van der Waals surface area contributed by atoms with Gasteiger partial charge in [0.15, 0.2) is 0 Å². The average Bonchev–Trinajstić information content (AvgIpc) is 3.62. The van der Waals surface area contributed by atoms with E-state index in [2.05, 4.69) is 16.7 Å². The van der Waals surface area contributed by atoms with E-state index in [1.165, 1.54) is 4.90 Å². The lowest BCUT2D eigenvalue weighted by atomic mass is 10.0. The van der Waals surface area contributed by atoms with Gasteiger partial charge in [-0.15, -0.1) is 0 Å². The predicted molar refractivity (Wildman–Crippen MR) is 197 cm³/mol. The Morgan fingerprint density at radius 2 is 1.42 bits per heavy atom. The van der Waals surface area contributed by atoms with Gasteiger partial charge in [-0.3, -0.25) is 9.59 Å². The summed E-state index contributed by atoms with van der Waals surface area (Å²) in [7, 11) is -4.17. The van der Waals surface area contributed by atoms with Crippen LogP contribution in [-0.2, 0) is 25.3 Å². The lowest BCUT2D eigenvalue weighted by Crippen LogP contribution is -2.55. The number of para-hydroxylation sites is 2. The Morgan fingerprint density at radius 3 is 1.96 bits per heavy atom. The maximum Gasteiger partial charge on any atom is 0.439 e. The molecule has 1 aliphatic heterocycles. The molecule has 1 aliphatic rings. The number of carbonyl (C=O) groups is 3. The van der Waals surface area contributed by atoms with E-state index in [0.717, 1.165) is 5.56 Å². The Balaban J connectivity index is 1.40. The lowest BCUT2D eigenvalue weighted by molar-refractivity contribution is -0.140. The molecule has 3 amide bonds. The number of benzene rings is 4. The molecule has 0 saturated carbocycles. The zero-order chi connectivity index (χ0) is 37.1. The van der Waals surface area contributed by atoms with Gasteiger partial charge < -0.3 is 29.3 Å². The van der Waals surface area contributed by atoms with Crippen LogP contribution in [0.4, 0.5) is 4.79 Å². The second kappa shape index (κ2) is 17.1. The molecule has 1 heterocycles. The van der Waals surface area contributed by atoms with Crippen LogP contribution < -0.4 is 19.7 Å². The molecule has 3 atom stereocenters. The van der Waals surface area contributed by atoms with Crippen molar-refractivity contribution in [3.8, 4) is 17.6 Å². The first kappa shape index (κ1) is 37.7. The van der Waals surface area contributed by atoms with E-state index < -0.39 is 48.8 Å². The first-order valence-electron chi connectivity index (χ1n) is 17.1. The number of alkyl carbamates (subject to hydrolysis) is 1. The number of carbonyl (C=O) groups excluding carboxylic acids is 3. The average molecular weight is 723 g/mol. The largest absolute Gasteiger partial charge is 0.444 e. The molecule has 11 nitrogen and oxygen atoms in total. The molecule has 5 rings (SSSR count). The zero-order valence-electron chi connectivity index (χ0n) is 29.4. The normalized spacial score (nSPS) is 15.4. The van der Waals surface area contributed by atoms with E-state index in [4.69, 9.17) is 13.8 Å². The first-order chi connectivity index (χ1) is 24.9. The van der Waals surface area contributed by atoms with Crippen LogP contribution in [-0.4, -0.2) is 53.6 Å². The highest BCUT2D eigenvalue weighted by atomic mass is 31.2. The van der Waals surface area contributed by atoms with Gasteiger partial charge in [0.05, 0.1) is 11.6 Å². The number of amides is 3. The first-order valence-corrected chi connectivity index (χ1v) is 18.8. The van der Waals surface area contributed by atoms with Crippen molar-refractivity contribution >= 4 is 25.5 Å². The number of nitrogens with one attached hydrogen (secondary N) is 2. The molecule has 0 spiro atoms. The molecule has 0 aromatic heterocycles.